The van der Waals surface area contributed by atoms with E-state index in [1.807, 2.05) is 0 Å². The van der Waals surface area contributed by atoms with Crippen molar-refractivity contribution in [1.29, 1.82) is 0 Å². The zero-order chi connectivity index (χ0) is 22.6. The Bertz CT molecular complexity index is 1060. The van der Waals surface area contributed by atoms with Crippen LogP contribution >= 0.6 is 11.6 Å². The highest BCUT2D eigenvalue weighted by molar-refractivity contribution is 7.85. The fourth-order valence-electron chi connectivity index (χ4n) is 5.99. The van der Waals surface area contributed by atoms with E-state index >= 15 is 0 Å². The van der Waals surface area contributed by atoms with Crippen molar-refractivity contribution in [3.8, 4) is 0 Å². The molecule has 0 aromatic carbocycles. The topological polar surface area (TPSA) is 104 Å². The number of fused-ring (bicyclic) bond motifs is 3. The molecule has 2 N–H and O–H groups in total. The molecule has 1 aliphatic carbocycles. The zero-order valence-corrected chi connectivity index (χ0v) is 20.1. The van der Waals surface area contributed by atoms with Crippen LogP contribution in [-0.2, 0) is 17.2 Å². The second-order valence-corrected chi connectivity index (χ2v) is 11.9. The van der Waals surface area contributed by atoms with Gasteiger partial charge in [-0.05, 0) is 57.8 Å². The molecule has 3 aliphatic heterocycles. The number of aliphatic hydroxyl groups is 1. The third-order valence-electron chi connectivity index (χ3n) is 7.86. The van der Waals surface area contributed by atoms with Gasteiger partial charge in [0.2, 0.25) is 5.95 Å². The van der Waals surface area contributed by atoms with E-state index in [0.29, 0.717) is 34.6 Å². The second-order valence-electron chi connectivity index (χ2n) is 9.94. The summed E-state index contributed by atoms with van der Waals surface area (Å²) in [5.41, 5.74) is 0.556. The molecule has 0 amide bonds. The van der Waals surface area contributed by atoms with Gasteiger partial charge in [-0.2, -0.15) is 4.98 Å². The number of hydrogen-bond acceptors (Lipinski definition) is 8. The lowest BCUT2D eigenvalue weighted by atomic mass is 9.77. The molecule has 1 saturated carbocycles. The lowest BCUT2D eigenvalue weighted by Crippen LogP contribution is -2.49. The fourth-order valence-corrected chi connectivity index (χ4v) is 7.42. The number of anilines is 2. The third-order valence-corrected chi connectivity index (χ3v) is 9.60. The van der Waals surface area contributed by atoms with Crippen LogP contribution in [0.4, 0.5) is 11.8 Å². The number of aryl methyl sites for hydroxylation is 1. The van der Waals surface area contributed by atoms with Crippen LogP contribution in [0.25, 0.3) is 0 Å². The number of aromatic nitrogens is 4. The van der Waals surface area contributed by atoms with Crippen molar-refractivity contribution in [3.63, 3.8) is 0 Å². The molecule has 0 radical (unpaired) electrons. The molecule has 0 spiro atoms. The Morgan fingerprint density at radius 3 is 2.52 bits per heavy atom. The second kappa shape index (κ2) is 8.43. The number of rotatable bonds is 5. The van der Waals surface area contributed by atoms with Gasteiger partial charge in [0.05, 0.1) is 33.7 Å². The van der Waals surface area contributed by atoms with Gasteiger partial charge in [-0.1, -0.05) is 11.6 Å². The monoisotopic (exact) mass is 488 g/mol. The first kappa shape index (κ1) is 21.7. The van der Waals surface area contributed by atoms with Crippen molar-refractivity contribution in [2.75, 3.05) is 22.6 Å². The number of nitrogens with zero attached hydrogens (tertiary/aromatic N) is 5. The quantitative estimate of drug-likeness (QED) is 0.661. The first-order valence-corrected chi connectivity index (χ1v) is 13.7. The molecule has 5 heterocycles. The van der Waals surface area contributed by atoms with E-state index < -0.39 is 10.8 Å². The van der Waals surface area contributed by atoms with Gasteiger partial charge in [0.15, 0.2) is 0 Å². The van der Waals surface area contributed by atoms with Crippen molar-refractivity contribution < 1.29 is 9.32 Å². The van der Waals surface area contributed by atoms with Gasteiger partial charge in [-0.15, -0.1) is 0 Å². The summed E-state index contributed by atoms with van der Waals surface area (Å²) in [6.45, 7) is 0.0610. The predicted octanol–water partition coefficient (Wildman–Crippen LogP) is 3.22. The summed E-state index contributed by atoms with van der Waals surface area (Å²) in [5, 5.41) is 14.1. The van der Waals surface area contributed by atoms with Gasteiger partial charge in [-0.3, -0.25) is 4.21 Å². The average molecular weight is 489 g/mol. The van der Waals surface area contributed by atoms with Crippen LogP contribution in [0.2, 0.25) is 5.02 Å². The largest absolute Gasteiger partial charge is 0.394 e. The maximum absolute atomic E-state index is 12.9. The number of nitrogens with one attached hydrogen (secondary N) is 1. The highest BCUT2D eigenvalue weighted by Crippen LogP contribution is 2.45. The lowest BCUT2D eigenvalue weighted by molar-refractivity contribution is 0.143. The summed E-state index contributed by atoms with van der Waals surface area (Å²) >= 11 is 5.98. The van der Waals surface area contributed by atoms with Gasteiger partial charge in [-0.25, -0.2) is 15.0 Å². The number of hydrogen-bond donors (Lipinski definition) is 2. The Kier molecular flexibility index (Phi) is 5.54. The molecule has 2 aromatic rings. The van der Waals surface area contributed by atoms with Crippen LogP contribution in [0, 0.1) is 0 Å². The van der Waals surface area contributed by atoms with Gasteiger partial charge >= 0.3 is 0 Å². The number of halogens is 1. The Hall–Kier alpha value is -1.84. The molecule has 3 atom stereocenters. The Balaban J connectivity index is 1.33. The summed E-state index contributed by atoms with van der Waals surface area (Å²) < 4.78 is 12.9. The van der Waals surface area contributed by atoms with E-state index in [0.717, 1.165) is 80.1 Å². The zero-order valence-electron chi connectivity index (χ0n) is 18.5. The molecule has 33 heavy (non-hydrogen) atoms. The molecule has 2 unspecified atom stereocenters. The standard InChI is InChI=1S/C23H29ClN6O2S/c24-15-11-25-20(26-12-15)14-9-16-4-5-17(10-14)30(16)22-27-18-3-1-8-33(32)19(18)21(28-22)29-23(13-31)6-2-7-23/h11-12,14,16-17,31H,1-10,13H2,(H,27,28,29)/t14?,16?,17?,33-/m0/s1. The molecular formula is C23H29ClN6O2S. The predicted molar refractivity (Wildman–Crippen MR) is 127 cm³/mol. The summed E-state index contributed by atoms with van der Waals surface area (Å²) in [5.74, 6) is 3.24. The first-order chi connectivity index (χ1) is 16.0. The minimum absolute atomic E-state index is 0.0610. The van der Waals surface area contributed by atoms with E-state index in [2.05, 4.69) is 20.2 Å². The van der Waals surface area contributed by atoms with Gasteiger partial charge in [0, 0.05) is 36.1 Å². The van der Waals surface area contributed by atoms with E-state index in [1.54, 1.807) is 12.4 Å². The smallest absolute Gasteiger partial charge is 0.228 e. The average Bonchev–Trinajstić information content (AvgIpc) is 3.06. The third kappa shape index (κ3) is 3.82. The minimum Gasteiger partial charge on any atom is -0.394 e. The number of aliphatic hydroxyl groups excluding tert-OH is 1. The molecule has 2 saturated heterocycles. The molecular weight excluding hydrogens is 460 g/mol. The highest BCUT2D eigenvalue weighted by Gasteiger charge is 2.44. The van der Waals surface area contributed by atoms with Crippen molar-refractivity contribution in [1.82, 2.24) is 19.9 Å². The maximum Gasteiger partial charge on any atom is 0.228 e. The van der Waals surface area contributed by atoms with Crippen LogP contribution < -0.4 is 10.2 Å². The summed E-state index contributed by atoms with van der Waals surface area (Å²) in [4.78, 5) is 22.0. The van der Waals surface area contributed by atoms with Crippen LogP contribution in [0.1, 0.15) is 68.8 Å². The molecule has 2 bridgehead atoms. The van der Waals surface area contributed by atoms with Gasteiger partial charge in [0.1, 0.15) is 16.5 Å². The van der Waals surface area contributed by atoms with E-state index in [4.69, 9.17) is 21.6 Å². The number of piperidine rings is 1. The van der Waals surface area contributed by atoms with Crippen LogP contribution in [0.5, 0.6) is 0 Å². The normalized spacial score (nSPS) is 29.9. The van der Waals surface area contributed by atoms with E-state index in [9.17, 15) is 9.32 Å². The molecule has 6 rings (SSSR count). The SMILES string of the molecule is O=[S@]1CCCc2nc(N3C4CCC3CC(c3ncc(Cl)cn3)C4)nc(NC3(CO)CCC3)c21. The Labute approximate surface area is 201 Å². The maximum atomic E-state index is 12.9. The van der Waals surface area contributed by atoms with Crippen molar-refractivity contribution in [3.05, 3.63) is 28.9 Å². The van der Waals surface area contributed by atoms with Crippen LogP contribution in [0.15, 0.2) is 17.3 Å². The molecule has 3 fully saturated rings. The van der Waals surface area contributed by atoms with Crippen LogP contribution in [-0.4, -0.2) is 59.2 Å². The van der Waals surface area contributed by atoms with Crippen LogP contribution in [0.3, 0.4) is 0 Å². The fraction of sp³-hybridized carbons (Fsp3) is 0.652. The molecule has 176 valence electrons. The van der Waals surface area contributed by atoms with Crippen molar-refractivity contribution in [2.24, 2.45) is 0 Å². The summed E-state index contributed by atoms with van der Waals surface area (Å²) in [6.07, 6.45) is 12.1. The Morgan fingerprint density at radius 1 is 1.15 bits per heavy atom. The van der Waals surface area contributed by atoms with Crippen molar-refractivity contribution in [2.45, 2.75) is 86.2 Å². The highest BCUT2D eigenvalue weighted by atomic mass is 35.5. The van der Waals surface area contributed by atoms with E-state index in [1.165, 1.54) is 0 Å². The molecule has 4 aliphatic rings. The van der Waals surface area contributed by atoms with E-state index in [-0.39, 0.29) is 12.1 Å². The molecule has 2 aromatic heterocycles. The van der Waals surface area contributed by atoms with Gasteiger partial charge < -0.3 is 15.3 Å². The minimum atomic E-state index is -1.10. The summed E-state index contributed by atoms with van der Waals surface area (Å²) in [6, 6.07) is 0.673. The molecule has 10 heteroatoms. The van der Waals surface area contributed by atoms with Gasteiger partial charge in [0.25, 0.3) is 0 Å². The molecule has 8 nitrogen and oxygen atoms in total. The summed E-state index contributed by atoms with van der Waals surface area (Å²) in [7, 11) is -1.10. The lowest BCUT2D eigenvalue weighted by Gasteiger charge is -2.42. The Morgan fingerprint density at radius 2 is 1.88 bits per heavy atom. The first-order valence-electron chi connectivity index (χ1n) is 12.0. The van der Waals surface area contributed by atoms with Crippen molar-refractivity contribution >= 4 is 34.2 Å².